The van der Waals surface area contributed by atoms with Crippen LogP contribution in [0.15, 0.2) is 18.2 Å². The molecule has 1 fully saturated rings. The maximum atomic E-state index is 13.1. The standard InChI is InChI=1S/C23H31N5O4/c1-14-11-28(12-15(2)32-14)22-18-13-27(9-8-19(18)24-16(3)25-22)23(29)26-20-7-6-17(30-4)10-21(20)31-5/h6-7,10,14-15H,8-9,11-13H2,1-5H3,(H,26,29). The summed E-state index contributed by atoms with van der Waals surface area (Å²) in [6.07, 6.45) is 0.930. The molecule has 9 nitrogen and oxygen atoms in total. The lowest BCUT2D eigenvalue weighted by Crippen LogP contribution is -2.47. The predicted octanol–water partition coefficient (Wildman–Crippen LogP) is 3.01. The van der Waals surface area contributed by atoms with Gasteiger partial charge in [0.25, 0.3) is 0 Å². The number of aryl methyl sites for hydroxylation is 1. The van der Waals surface area contributed by atoms with Crippen LogP contribution in [0.1, 0.15) is 30.9 Å². The Labute approximate surface area is 188 Å². The first kappa shape index (κ1) is 22.1. The number of amides is 2. The monoisotopic (exact) mass is 441 g/mol. The number of hydrogen-bond donors (Lipinski definition) is 1. The van der Waals surface area contributed by atoms with Gasteiger partial charge in [0.1, 0.15) is 23.1 Å². The highest BCUT2D eigenvalue weighted by Gasteiger charge is 2.30. The van der Waals surface area contributed by atoms with Crippen LogP contribution in [0.3, 0.4) is 0 Å². The SMILES string of the molecule is COc1ccc(NC(=O)N2CCc3nc(C)nc(N4CC(C)OC(C)C4)c3C2)c(OC)c1. The van der Waals surface area contributed by atoms with Crippen molar-refractivity contribution in [2.24, 2.45) is 0 Å². The van der Waals surface area contributed by atoms with E-state index in [1.165, 1.54) is 0 Å². The third kappa shape index (κ3) is 4.57. The van der Waals surface area contributed by atoms with Crippen molar-refractivity contribution in [3.05, 3.63) is 35.3 Å². The number of benzene rings is 1. The number of hydrogen-bond acceptors (Lipinski definition) is 7. The Morgan fingerprint density at radius 1 is 1.16 bits per heavy atom. The molecular weight excluding hydrogens is 410 g/mol. The highest BCUT2D eigenvalue weighted by atomic mass is 16.5. The Morgan fingerprint density at radius 3 is 2.59 bits per heavy atom. The van der Waals surface area contributed by atoms with Crippen molar-refractivity contribution >= 4 is 17.5 Å². The van der Waals surface area contributed by atoms with E-state index in [9.17, 15) is 4.79 Å². The van der Waals surface area contributed by atoms with Crippen molar-refractivity contribution in [2.75, 3.05) is 44.1 Å². The largest absolute Gasteiger partial charge is 0.497 e. The molecule has 2 aromatic rings. The van der Waals surface area contributed by atoms with Gasteiger partial charge in [-0.3, -0.25) is 0 Å². The average Bonchev–Trinajstić information content (AvgIpc) is 2.77. The summed E-state index contributed by atoms with van der Waals surface area (Å²) in [5.74, 6) is 2.88. The van der Waals surface area contributed by atoms with Crippen molar-refractivity contribution in [1.82, 2.24) is 14.9 Å². The number of morpholine rings is 1. The van der Waals surface area contributed by atoms with Gasteiger partial charge < -0.3 is 29.3 Å². The van der Waals surface area contributed by atoms with Crippen LogP contribution in [-0.2, 0) is 17.7 Å². The van der Waals surface area contributed by atoms with Crippen LogP contribution in [0.2, 0.25) is 0 Å². The molecule has 32 heavy (non-hydrogen) atoms. The van der Waals surface area contributed by atoms with Gasteiger partial charge >= 0.3 is 6.03 Å². The van der Waals surface area contributed by atoms with Gasteiger partial charge in [0.05, 0.1) is 44.4 Å². The van der Waals surface area contributed by atoms with Crippen LogP contribution >= 0.6 is 0 Å². The zero-order valence-electron chi connectivity index (χ0n) is 19.3. The Bertz CT molecular complexity index is 989. The van der Waals surface area contributed by atoms with E-state index in [4.69, 9.17) is 19.2 Å². The number of carbonyl (C=O) groups excluding carboxylic acids is 1. The van der Waals surface area contributed by atoms with Crippen molar-refractivity contribution in [1.29, 1.82) is 0 Å². The molecule has 0 spiro atoms. The van der Waals surface area contributed by atoms with Gasteiger partial charge in [0.15, 0.2) is 0 Å². The fourth-order valence-corrected chi connectivity index (χ4v) is 4.40. The van der Waals surface area contributed by atoms with Crippen LogP contribution in [-0.4, -0.2) is 67.0 Å². The summed E-state index contributed by atoms with van der Waals surface area (Å²) in [6.45, 7) is 8.64. The van der Waals surface area contributed by atoms with E-state index in [2.05, 4.69) is 29.0 Å². The number of aromatic nitrogens is 2. The number of rotatable bonds is 4. The van der Waals surface area contributed by atoms with E-state index >= 15 is 0 Å². The van der Waals surface area contributed by atoms with Gasteiger partial charge in [0.2, 0.25) is 0 Å². The van der Waals surface area contributed by atoms with Gasteiger partial charge in [-0.15, -0.1) is 0 Å². The third-order valence-corrected chi connectivity index (χ3v) is 5.81. The van der Waals surface area contributed by atoms with Gasteiger partial charge in [-0.05, 0) is 32.9 Å². The molecule has 2 atom stereocenters. The molecule has 1 N–H and O–H groups in total. The number of nitrogens with zero attached hydrogens (tertiary/aromatic N) is 4. The first-order valence-corrected chi connectivity index (χ1v) is 10.9. The van der Waals surface area contributed by atoms with Crippen LogP contribution < -0.4 is 19.7 Å². The number of ether oxygens (including phenoxy) is 3. The number of nitrogens with one attached hydrogen (secondary N) is 1. The third-order valence-electron chi connectivity index (χ3n) is 5.81. The number of fused-ring (bicyclic) bond motifs is 1. The van der Waals surface area contributed by atoms with Crippen molar-refractivity contribution in [3.63, 3.8) is 0 Å². The minimum absolute atomic E-state index is 0.121. The first-order valence-electron chi connectivity index (χ1n) is 10.9. The molecule has 0 aliphatic carbocycles. The maximum absolute atomic E-state index is 13.1. The molecule has 1 aromatic heterocycles. The summed E-state index contributed by atoms with van der Waals surface area (Å²) in [7, 11) is 3.16. The summed E-state index contributed by atoms with van der Waals surface area (Å²) in [4.78, 5) is 26.6. The highest BCUT2D eigenvalue weighted by Crippen LogP contribution is 2.31. The van der Waals surface area contributed by atoms with E-state index in [0.29, 0.717) is 36.7 Å². The lowest BCUT2D eigenvalue weighted by molar-refractivity contribution is -0.00558. The van der Waals surface area contributed by atoms with Crippen LogP contribution in [0.5, 0.6) is 11.5 Å². The van der Waals surface area contributed by atoms with Crippen LogP contribution in [0, 0.1) is 6.92 Å². The molecule has 2 amide bonds. The van der Waals surface area contributed by atoms with Gasteiger partial charge in [0, 0.05) is 37.7 Å². The smallest absolute Gasteiger partial charge is 0.322 e. The lowest BCUT2D eigenvalue weighted by Gasteiger charge is -2.38. The summed E-state index contributed by atoms with van der Waals surface area (Å²) in [6, 6.07) is 5.13. The number of urea groups is 1. The van der Waals surface area contributed by atoms with E-state index in [1.54, 1.807) is 37.3 Å². The molecule has 0 bridgehead atoms. The zero-order valence-corrected chi connectivity index (χ0v) is 19.3. The topological polar surface area (TPSA) is 89.0 Å². The fraction of sp³-hybridized carbons (Fsp3) is 0.522. The minimum Gasteiger partial charge on any atom is -0.497 e. The molecule has 2 unspecified atom stereocenters. The number of anilines is 2. The molecule has 0 saturated carbocycles. The summed E-state index contributed by atoms with van der Waals surface area (Å²) >= 11 is 0. The molecule has 3 heterocycles. The van der Waals surface area contributed by atoms with E-state index in [1.807, 2.05) is 6.92 Å². The Morgan fingerprint density at radius 2 is 1.91 bits per heavy atom. The molecule has 0 radical (unpaired) electrons. The molecule has 4 rings (SSSR count). The van der Waals surface area contributed by atoms with Gasteiger partial charge in [-0.1, -0.05) is 0 Å². The highest BCUT2D eigenvalue weighted by molar-refractivity contribution is 5.91. The quantitative estimate of drug-likeness (QED) is 0.780. The Balaban J connectivity index is 1.56. The molecule has 2 aliphatic heterocycles. The van der Waals surface area contributed by atoms with E-state index in [0.717, 1.165) is 36.0 Å². The molecule has 2 aliphatic rings. The normalized spacial score (nSPS) is 20.5. The summed E-state index contributed by atoms with van der Waals surface area (Å²) in [5.41, 5.74) is 2.63. The predicted molar refractivity (Wildman–Crippen MR) is 122 cm³/mol. The van der Waals surface area contributed by atoms with Crippen molar-refractivity contribution < 1.29 is 19.0 Å². The molecular formula is C23H31N5O4. The Kier molecular flexibility index (Phi) is 6.36. The van der Waals surface area contributed by atoms with Crippen LogP contribution in [0.25, 0.3) is 0 Å². The molecule has 1 saturated heterocycles. The second-order valence-electron chi connectivity index (χ2n) is 8.35. The van der Waals surface area contributed by atoms with Gasteiger partial charge in [-0.2, -0.15) is 0 Å². The Hall–Kier alpha value is -3.07. The lowest BCUT2D eigenvalue weighted by atomic mass is 10.0. The maximum Gasteiger partial charge on any atom is 0.322 e. The molecule has 9 heteroatoms. The second kappa shape index (κ2) is 9.20. The van der Waals surface area contributed by atoms with E-state index < -0.39 is 0 Å². The number of carbonyl (C=O) groups is 1. The molecule has 1 aromatic carbocycles. The average molecular weight is 442 g/mol. The van der Waals surface area contributed by atoms with Crippen LogP contribution in [0.4, 0.5) is 16.3 Å². The first-order chi connectivity index (χ1) is 15.4. The zero-order chi connectivity index (χ0) is 22.8. The fourth-order valence-electron chi connectivity index (χ4n) is 4.40. The molecule has 172 valence electrons. The van der Waals surface area contributed by atoms with Crippen molar-refractivity contribution in [3.8, 4) is 11.5 Å². The minimum atomic E-state index is -0.186. The van der Waals surface area contributed by atoms with E-state index in [-0.39, 0.29) is 18.2 Å². The van der Waals surface area contributed by atoms with Crippen molar-refractivity contribution in [2.45, 2.75) is 45.9 Å². The summed E-state index contributed by atoms with van der Waals surface area (Å²) < 4.78 is 16.5. The number of methoxy groups -OCH3 is 2. The summed E-state index contributed by atoms with van der Waals surface area (Å²) in [5, 5.41) is 2.97. The van der Waals surface area contributed by atoms with Gasteiger partial charge in [-0.25, -0.2) is 14.8 Å². The second-order valence-corrected chi connectivity index (χ2v) is 8.35.